The molecule has 0 bridgehead atoms. The molecule has 0 aliphatic heterocycles. The van der Waals surface area contributed by atoms with Crippen LogP contribution in [0.3, 0.4) is 0 Å². The summed E-state index contributed by atoms with van der Waals surface area (Å²) in [5, 5.41) is 11.9. The average molecular weight is 431 g/mol. The van der Waals surface area contributed by atoms with Gasteiger partial charge in [-0.3, -0.25) is 0 Å². The number of halogens is 4. The van der Waals surface area contributed by atoms with Gasteiger partial charge in [-0.05, 0) is 59.7 Å². The van der Waals surface area contributed by atoms with Crippen LogP contribution in [0.4, 0.5) is 34.8 Å². The monoisotopic (exact) mass is 431 g/mol. The molecule has 9 heteroatoms. The summed E-state index contributed by atoms with van der Waals surface area (Å²) in [4.78, 5) is 15.3. The van der Waals surface area contributed by atoms with Crippen molar-refractivity contribution in [3.63, 3.8) is 0 Å². The van der Waals surface area contributed by atoms with E-state index in [1.807, 2.05) is 0 Å². The molecular formula is C22H17F4N3O2. The lowest BCUT2D eigenvalue weighted by Crippen LogP contribution is -2.11. The fourth-order valence-electron chi connectivity index (χ4n) is 3.38. The number of hydrogen-bond acceptors (Lipinski definition) is 4. The van der Waals surface area contributed by atoms with Gasteiger partial charge in [-0.25, -0.2) is 27.3 Å². The Hall–Kier alpha value is -3.62. The van der Waals surface area contributed by atoms with Crippen LogP contribution in [0, 0.1) is 23.3 Å². The largest absolute Gasteiger partial charge is 0.478 e. The maximum Gasteiger partial charge on any atom is 0.337 e. The molecule has 1 fully saturated rings. The third-order valence-electron chi connectivity index (χ3n) is 5.19. The Labute approximate surface area is 174 Å². The molecule has 0 saturated heterocycles. The highest BCUT2D eigenvalue weighted by Gasteiger charge is 2.26. The van der Waals surface area contributed by atoms with Crippen molar-refractivity contribution in [2.24, 2.45) is 0 Å². The van der Waals surface area contributed by atoms with Crippen LogP contribution in [0.1, 0.15) is 45.8 Å². The first-order chi connectivity index (χ1) is 14.8. The predicted octanol–water partition coefficient (Wildman–Crippen LogP) is 5.13. The maximum atomic E-state index is 14.8. The van der Waals surface area contributed by atoms with Gasteiger partial charge < -0.3 is 16.2 Å². The Morgan fingerprint density at radius 3 is 2.45 bits per heavy atom. The van der Waals surface area contributed by atoms with E-state index in [0.717, 1.165) is 24.5 Å². The van der Waals surface area contributed by atoms with Crippen LogP contribution in [-0.4, -0.2) is 16.1 Å². The molecule has 0 unspecified atom stereocenters. The lowest BCUT2D eigenvalue weighted by molar-refractivity contribution is 0.0697. The quantitative estimate of drug-likeness (QED) is 0.471. The summed E-state index contributed by atoms with van der Waals surface area (Å²) in [6, 6.07) is 6.42. The van der Waals surface area contributed by atoms with Crippen LogP contribution in [-0.2, 0) is 6.42 Å². The number of aromatic nitrogens is 1. The van der Waals surface area contributed by atoms with E-state index in [4.69, 9.17) is 5.73 Å². The van der Waals surface area contributed by atoms with Gasteiger partial charge in [0.2, 0.25) is 0 Å². The number of nitrogens with two attached hydrogens (primary N) is 1. The maximum absolute atomic E-state index is 14.8. The number of carbonyl (C=O) groups is 1. The normalized spacial score (nSPS) is 13.3. The van der Waals surface area contributed by atoms with Gasteiger partial charge in [-0.2, -0.15) is 0 Å². The number of carboxylic acids is 1. The van der Waals surface area contributed by atoms with Gasteiger partial charge in [0, 0.05) is 12.6 Å². The van der Waals surface area contributed by atoms with E-state index in [0.29, 0.717) is 0 Å². The summed E-state index contributed by atoms with van der Waals surface area (Å²) >= 11 is 0. The zero-order chi connectivity index (χ0) is 22.3. The Morgan fingerprint density at radius 2 is 1.81 bits per heavy atom. The van der Waals surface area contributed by atoms with Crippen molar-refractivity contribution in [2.75, 3.05) is 11.1 Å². The molecule has 4 rings (SSSR count). The Bertz CT molecular complexity index is 1200. The van der Waals surface area contributed by atoms with Gasteiger partial charge in [0.05, 0.1) is 16.9 Å². The summed E-state index contributed by atoms with van der Waals surface area (Å²) in [5.41, 5.74) is 4.17. The lowest BCUT2D eigenvalue weighted by atomic mass is 10.00. The number of rotatable bonds is 6. The van der Waals surface area contributed by atoms with Crippen LogP contribution in [0.25, 0.3) is 0 Å². The molecule has 0 amide bonds. The Kier molecular flexibility index (Phi) is 5.26. The standard InChI is InChI=1S/C22H17F4N3O2/c23-15-9-11(10-1-2-10)3-4-16(15)29-20-14(22(30)31)8-13(17(24)19(20)26)7-12-5-6-28-21(27)18(12)25/h3-6,8-10,29H,1-2,7H2,(H2,27,28)(H,30,31). The number of aromatic carboxylic acids is 1. The van der Waals surface area contributed by atoms with Gasteiger partial charge in [0.15, 0.2) is 23.3 Å². The highest BCUT2D eigenvalue weighted by molar-refractivity contribution is 5.95. The van der Waals surface area contributed by atoms with E-state index in [1.54, 1.807) is 6.07 Å². The molecule has 0 atom stereocenters. The van der Waals surface area contributed by atoms with E-state index in [2.05, 4.69) is 10.3 Å². The zero-order valence-corrected chi connectivity index (χ0v) is 16.1. The fraction of sp³-hybridized carbons (Fsp3) is 0.182. The molecule has 1 saturated carbocycles. The highest BCUT2D eigenvalue weighted by atomic mass is 19.2. The summed E-state index contributed by atoms with van der Waals surface area (Å²) in [6.07, 6.45) is 2.66. The first-order valence-electron chi connectivity index (χ1n) is 9.45. The predicted molar refractivity (Wildman–Crippen MR) is 106 cm³/mol. The first-order valence-corrected chi connectivity index (χ1v) is 9.45. The average Bonchev–Trinajstić information content (AvgIpc) is 3.57. The minimum absolute atomic E-state index is 0.0791. The van der Waals surface area contributed by atoms with E-state index < -0.39 is 58.3 Å². The van der Waals surface area contributed by atoms with Crippen molar-refractivity contribution in [1.29, 1.82) is 0 Å². The summed E-state index contributed by atoms with van der Waals surface area (Å²) in [6.45, 7) is 0. The third-order valence-corrected chi connectivity index (χ3v) is 5.19. The molecule has 1 heterocycles. The number of anilines is 3. The highest BCUT2D eigenvalue weighted by Crippen LogP contribution is 2.41. The molecule has 2 aromatic carbocycles. The number of carboxylic acid groups (broad SMARTS) is 1. The second kappa shape index (κ2) is 7.90. The van der Waals surface area contributed by atoms with E-state index in [1.165, 1.54) is 24.4 Å². The van der Waals surface area contributed by atoms with E-state index in [9.17, 15) is 27.5 Å². The molecule has 3 aromatic rings. The van der Waals surface area contributed by atoms with Crippen molar-refractivity contribution < 1.29 is 27.5 Å². The van der Waals surface area contributed by atoms with Crippen LogP contribution >= 0.6 is 0 Å². The molecule has 1 aliphatic carbocycles. The van der Waals surface area contributed by atoms with Crippen LogP contribution in [0.2, 0.25) is 0 Å². The number of nitrogens with zero attached hydrogens (tertiary/aromatic N) is 1. The van der Waals surface area contributed by atoms with E-state index in [-0.39, 0.29) is 17.2 Å². The number of pyridine rings is 1. The molecule has 0 spiro atoms. The van der Waals surface area contributed by atoms with Crippen molar-refractivity contribution in [3.8, 4) is 0 Å². The van der Waals surface area contributed by atoms with Crippen molar-refractivity contribution >= 4 is 23.2 Å². The fourth-order valence-corrected chi connectivity index (χ4v) is 3.38. The minimum atomic E-state index is -1.56. The number of hydrogen-bond donors (Lipinski definition) is 3. The number of nitrogen functional groups attached to an aromatic ring is 1. The molecule has 31 heavy (non-hydrogen) atoms. The topological polar surface area (TPSA) is 88.2 Å². The van der Waals surface area contributed by atoms with Crippen LogP contribution in [0.5, 0.6) is 0 Å². The van der Waals surface area contributed by atoms with Crippen molar-refractivity contribution in [1.82, 2.24) is 4.98 Å². The third kappa shape index (κ3) is 4.03. The first kappa shape index (κ1) is 20.6. The Balaban J connectivity index is 1.72. The molecule has 5 nitrogen and oxygen atoms in total. The lowest BCUT2D eigenvalue weighted by Gasteiger charge is -2.15. The van der Waals surface area contributed by atoms with E-state index >= 15 is 0 Å². The Morgan fingerprint density at radius 1 is 1.06 bits per heavy atom. The molecule has 1 aliphatic rings. The minimum Gasteiger partial charge on any atom is -0.478 e. The SMILES string of the molecule is Nc1nccc(Cc2cc(C(=O)O)c(Nc3ccc(C4CC4)cc3F)c(F)c2F)c1F. The zero-order valence-electron chi connectivity index (χ0n) is 16.1. The van der Waals surface area contributed by atoms with Gasteiger partial charge >= 0.3 is 5.97 Å². The summed E-state index contributed by atoms with van der Waals surface area (Å²) in [7, 11) is 0. The van der Waals surface area contributed by atoms with Crippen molar-refractivity contribution in [3.05, 3.63) is 82.1 Å². The van der Waals surface area contributed by atoms with Gasteiger partial charge in [-0.1, -0.05) is 6.07 Å². The molecule has 1 aromatic heterocycles. The van der Waals surface area contributed by atoms with Gasteiger partial charge in [0.1, 0.15) is 5.82 Å². The molecule has 4 N–H and O–H groups in total. The summed E-state index contributed by atoms with van der Waals surface area (Å²) < 4.78 is 58.1. The number of nitrogens with one attached hydrogen (secondary N) is 1. The molecule has 160 valence electrons. The molecular weight excluding hydrogens is 414 g/mol. The summed E-state index contributed by atoms with van der Waals surface area (Å²) in [5.74, 6) is -6.19. The van der Waals surface area contributed by atoms with Gasteiger partial charge in [0.25, 0.3) is 0 Å². The smallest absolute Gasteiger partial charge is 0.337 e. The second-order valence-corrected chi connectivity index (χ2v) is 7.38. The van der Waals surface area contributed by atoms with Crippen molar-refractivity contribution in [2.45, 2.75) is 25.2 Å². The molecule has 0 radical (unpaired) electrons. The van der Waals surface area contributed by atoms with Crippen LogP contribution in [0.15, 0.2) is 36.5 Å². The number of benzene rings is 2. The second-order valence-electron chi connectivity index (χ2n) is 7.38. The van der Waals surface area contributed by atoms with Crippen LogP contribution < -0.4 is 11.1 Å². The van der Waals surface area contributed by atoms with Gasteiger partial charge in [-0.15, -0.1) is 0 Å².